The number of hydrogen-bond donors (Lipinski definition) is 1. The Bertz CT molecular complexity index is 268. The largest absolute Gasteiger partial charge is 0.370 e. The van der Waals surface area contributed by atoms with Crippen LogP contribution in [0, 0.1) is 11.3 Å². The molecule has 0 aromatic carbocycles. The van der Waals surface area contributed by atoms with Gasteiger partial charge in [-0.1, -0.05) is 20.8 Å². The van der Waals surface area contributed by atoms with Crippen molar-refractivity contribution in [2.24, 2.45) is 17.1 Å². The molecule has 0 aromatic rings. The van der Waals surface area contributed by atoms with Crippen LogP contribution in [0.5, 0.6) is 0 Å². The summed E-state index contributed by atoms with van der Waals surface area (Å²) in [6.07, 6.45) is 0.866. The summed E-state index contributed by atoms with van der Waals surface area (Å²) < 4.78 is 0. The van der Waals surface area contributed by atoms with Gasteiger partial charge in [-0.05, 0) is 11.3 Å². The lowest BCUT2D eigenvalue weighted by atomic mass is 9.80. The highest BCUT2D eigenvalue weighted by Gasteiger charge is 2.36. The second kappa shape index (κ2) is 4.21. The van der Waals surface area contributed by atoms with Crippen molar-refractivity contribution in [3.8, 4) is 0 Å². The third-order valence-corrected chi connectivity index (χ3v) is 3.07. The fourth-order valence-electron chi connectivity index (χ4n) is 1.81. The summed E-state index contributed by atoms with van der Waals surface area (Å²) in [5, 5.41) is 0. The molecule has 1 heterocycles. The highest BCUT2D eigenvalue weighted by atomic mass is 16.2. The normalized spacial score (nSPS) is 22.2. The molecule has 1 saturated heterocycles. The lowest BCUT2D eigenvalue weighted by molar-refractivity contribution is -0.128. The first-order valence-corrected chi connectivity index (χ1v) is 5.37. The average Bonchev–Trinajstić information content (AvgIpc) is 2.42. The van der Waals surface area contributed by atoms with Crippen LogP contribution in [0.4, 0.5) is 0 Å². The second-order valence-electron chi connectivity index (χ2n) is 5.32. The van der Waals surface area contributed by atoms with Crippen molar-refractivity contribution in [1.29, 1.82) is 0 Å². The Morgan fingerprint density at radius 3 is 2.53 bits per heavy atom. The molecule has 2 amide bonds. The first kappa shape index (κ1) is 12.0. The van der Waals surface area contributed by atoms with E-state index in [1.807, 2.05) is 0 Å². The van der Waals surface area contributed by atoms with E-state index in [-0.39, 0.29) is 23.7 Å². The highest BCUT2D eigenvalue weighted by Crippen LogP contribution is 2.34. The lowest BCUT2D eigenvalue weighted by Crippen LogP contribution is -2.30. The van der Waals surface area contributed by atoms with Crippen molar-refractivity contribution >= 4 is 11.8 Å². The quantitative estimate of drug-likeness (QED) is 0.750. The van der Waals surface area contributed by atoms with Crippen molar-refractivity contribution in [2.45, 2.75) is 33.6 Å². The molecule has 1 fully saturated rings. The predicted octanol–water partition coefficient (Wildman–Crippen LogP) is 0.756. The molecule has 4 heteroatoms. The maximum atomic E-state index is 11.6. The van der Waals surface area contributed by atoms with Gasteiger partial charge in [0.1, 0.15) is 0 Å². The van der Waals surface area contributed by atoms with Crippen molar-refractivity contribution < 1.29 is 9.59 Å². The fraction of sp³-hybridized carbons (Fsp3) is 0.818. The first-order valence-electron chi connectivity index (χ1n) is 5.37. The topological polar surface area (TPSA) is 63.4 Å². The van der Waals surface area contributed by atoms with E-state index in [2.05, 4.69) is 20.8 Å². The summed E-state index contributed by atoms with van der Waals surface area (Å²) in [5.74, 6) is 0.191. The van der Waals surface area contributed by atoms with Crippen LogP contribution >= 0.6 is 0 Å². The number of carbonyl (C=O) groups excluding carboxylic acids is 2. The zero-order chi connectivity index (χ0) is 11.6. The Labute approximate surface area is 90.8 Å². The summed E-state index contributed by atoms with van der Waals surface area (Å²) >= 11 is 0. The molecule has 15 heavy (non-hydrogen) atoms. The molecule has 86 valence electrons. The van der Waals surface area contributed by atoms with Crippen molar-refractivity contribution in [2.75, 3.05) is 13.1 Å². The molecule has 1 rings (SSSR count). The number of carbonyl (C=O) groups is 2. The SMILES string of the molecule is CC(C)(C)C1CC(=O)N(CCC(N)=O)C1. The number of nitrogens with two attached hydrogens (primary N) is 1. The number of rotatable bonds is 3. The molecule has 1 atom stereocenters. The van der Waals surface area contributed by atoms with Gasteiger partial charge in [-0.2, -0.15) is 0 Å². The van der Waals surface area contributed by atoms with E-state index in [9.17, 15) is 9.59 Å². The van der Waals surface area contributed by atoms with Crippen LogP contribution < -0.4 is 5.73 Å². The molecular formula is C11H20N2O2. The number of amides is 2. The molecule has 0 aliphatic carbocycles. The van der Waals surface area contributed by atoms with Gasteiger partial charge in [0.05, 0.1) is 0 Å². The third-order valence-electron chi connectivity index (χ3n) is 3.07. The van der Waals surface area contributed by atoms with Crippen LogP contribution in [0.3, 0.4) is 0 Å². The molecule has 1 aliphatic heterocycles. The van der Waals surface area contributed by atoms with Gasteiger partial charge in [0.25, 0.3) is 0 Å². The highest BCUT2D eigenvalue weighted by molar-refractivity contribution is 5.80. The van der Waals surface area contributed by atoms with Gasteiger partial charge in [-0.25, -0.2) is 0 Å². The van der Waals surface area contributed by atoms with E-state index >= 15 is 0 Å². The minimum absolute atomic E-state index is 0.149. The Kier molecular flexibility index (Phi) is 3.37. The molecule has 0 aromatic heterocycles. The van der Waals surface area contributed by atoms with Crippen LogP contribution in [0.2, 0.25) is 0 Å². The van der Waals surface area contributed by atoms with Gasteiger partial charge in [0, 0.05) is 25.9 Å². The third kappa shape index (κ3) is 3.22. The van der Waals surface area contributed by atoms with Crippen LogP contribution in [0.15, 0.2) is 0 Å². The molecule has 1 aliphatic rings. The van der Waals surface area contributed by atoms with E-state index in [0.29, 0.717) is 18.9 Å². The first-order chi connectivity index (χ1) is 6.80. The molecule has 0 radical (unpaired) electrons. The number of nitrogens with zero attached hydrogens (tertiary/aromatic N) is 1. The smallest absolute Gasteiger partial charge is 0.222 e. The van der Waals surface area contributed by atoms with E-state index in [1.165, 1.54) is 0 Å². The lowest BCUT2D eigenvalue weighted by Gasteiger charge is -2.26. The molecule has 4 nitrogen and oxygen atoms in total. The molecule has 0 spiro atoms. The molecule has 0 saturated carbocycles. The monoisotopic (exact) mass is 212 g/mol. The Hall–Kier alpha value is -1.06. The van der Waals surface area contributed by atoms with Gasteiger partial charge in [0.2, 0.25) is 11.8 Å². The maximum Gasteiger partial charge on any atom is 0.222 e. The average molecular weight is 212 g/mol. The van der Waals surface area contributed by atoms with Crippen molar-refractivity contribution in [1.82, 2.24) is 4.90 Å². The van der Waals surface area contributed by atoms with Gasteiger partial charge >= 0.3 is 0 Å². The van der Waals surface area contributed by atoms with E-state index in [1.54, 1.807) is 4.90 Å². The summed E-state index contributed by atoms with van der Waals surface area (Å²) in [6.45, 7) is 7.66. The zero-order valence-electron chi connectivity index (χ0n) is 9.75. The number of primary amides is 1. The van der Waals surface area contributed by atoms with Crippen LogP contribution in [-0.2, 0) is 9.59 Å². The maximum absolute atomic E-state index is 11.6. The summed E-state index contributed by atoms with van der Waals surface area (Å²) in [7, 11) is 0. The Morgan fingerprint density at radius 1 is 1.53 bits per heavy atom. The van der Waals surface area contributed by atoms with E-state index < -0.39 is 0 Å². The number of likely N-dealkylation sites (tertiary alicyclic amines) is 1. The zero-order valence-corrected chi connectivity index (χ0v) is 9.75. The van der Waals surface area contributed by atoms with E-state index in [0.717, 1.165) is 6.54 Å². The summed E-state index contributed by atoms with van der Waals surface area (Å²) in [4.78, 5) is 24.0. The minimum atomic E-state index is -0.345. The van der Waals surface area contributed by atoms with Gasteiger partial charge < -0.3 is 10.6 Å². The fourth-order valence-corrected chi connectivity index (χ4v) is 1.81. The summed E-state index contributed by atoms with van der Waals surface area (Å²) in [5.41, 5.74) is 5.21. The number of hydrogen-bond acceptors (Lipinski definition) is 2. The van der Waals surface area contributed by atoms with Gasteiger partial charge in [-0.15, -0.1) is 0 Å². The molecule has 2 N–H and O–H groups in total. The summed E-state index contributed by atoms with van der Waals surface area (Å²) in [6, 6.07) is 0. The molecular weight excluding hydrogens is 192 g/mol. The van der Waals surface area contributed by atoms with Crippen molar-refractivity contribution in [3.63, 3.8) is 0 Å². The minimum Gasteiger partial charge on any atom is -0.370 e. The standard InChI is InChI=1S/C11H20N2O2/c1-11(2,3)8-6-10(15)13(7-8)5-4-9(12)14/h8H,4-7H2,1-3H3,(H2,12,14). The van der Waals surface area contributed by atoms with Gasteiger partial charge in [0.15, 0.2) is 0 Å². The van der Waals surface area contributed by atoms with Gasteiger partial charge in [-0.3, -0.25) is 9.59 Å². The van der Waals surface area contributed by atoms with Crippen LogP contribution in [-0.4, -0.2) is 29.8 Å². The van der Waals surface area contributed by atoms with Crippen LogP contribution in [0.1, 0.15) is 33.6 Å². The molecule has 0 bridgehead atoms. The van der Waals surface area contributed by atoms with E-state index in [4.69, 9.17) is 5.73 Å². The Morgan fingerprint density at radius 2 is 2.13 bits per heavy atom. The molecule has 1 unspecified atom stereocenters. The predicted molar refractivity (Wildman–Crippen MR) is 58.0 cm³/mol. The Balaban J connectivity index is 2.50. The van der Waals surface area contributed by atoms with Crippen molar-refractivity contribution in [3.05, 3.63) is 0 Å². The second-order valence-corrected chi connectivity index (χ2v) is 5.32. The van der Waals surface area contributed by atoms with Crippen LogP contribution in [0.25, 0.3) is 0 Å².